The molecule has 3 nitrogen and oxygen atoms in total. The van der Waals surface area contributed by atoms with Crippen molar-refractivity contribution in [1.29, 1.82) is 0 Å². The fourth-order valence-corrected chi connectivity index (χ4v) is 1.64. The van der Waals surface area contributed by atoms with Crippen LogP contribution in [-0.4, -0.2) is 17.7 Å². The molecule has 4 heteroatoms. The molecule has 0 fully saturated rings. The van der Waals surface area contributed by atoms with E-state index in [4.69, 9.17) is 4.74 Å². The maximum absolute atomic E-state index is 11.1. The standard InChI is InChI=1S/C10H11BrO3/c1-2-14-10(13)5-7-3-8(11)6-9(12)4-7/h3-4,6,12H,2,5H2,1H3. The summed E-state index contributed by atoms with van der Waals surface area (Å²) in [5.74, 6) is -0.149. The van der Waals surface area contributed by atoms with E-state index in [0.717, 1.165) is 10.0 Å². The van der Waals surface area contributed by atoms with Crippen molar-refractivity contribution in [2.24, 2.45) is 0 Å². The summed E-state index contributed by atoms with van der Waals surface area (Å²) in [7, 11) is 0. The van der Waals surface area contributed by atoms with Crippen molar-refractivity contribution in [1.82, 2.24) is 0 Å². The molecule has 0 radical (unpaired) electrons. The van der Waals surface area contributed by atoms with Crippen LogP contribution >= 0.6 is 15.9 Å². The van der Waals surface area contributed by atoms with Gasteiger partial charge in [0, 0.05) is 4.47 Å². The Morgan fingerprint density at radius 3 is 2.79 bits per heavy atom. The molecule has 0 amide bonds. The Kier molecular flexibility index (Phi) is 3.95. The van der Waals surface area contributed by atoms with Crippen LogP contribution in [0.25, 0.3) is 0 Å². The van der Waals surface area contributed by atoms with E-state index in [1.165, 1.54) is 0 Å². The maximum atomic E-state index is 11.1. The average molecular weight is 259 g/mol. The number of rotatable bonds is 3. The molecule has 0 saturated carbocycles. The van der Waals surface area contributed by atoms with E-state index < -0.39 is 0 Å². The molecule has 76 valence electrons. The summed E-state index contributed by atoms with van der Waals surface area (Å²) >= 11 is 3.23. The molecule has 0 spiro atoms. The van der Waals surface area contributed by atoms with E-state index in [0.29, 0.717) is 6.61 Å². The van der Waals surface area contributed by atoms with Crippen LogP contribution in [0.15, 0.2) is 22.7 Å². The Morgan fingerprint density at radius 1 is 1.50 bits per heavy atom. The van der Waals surface area contributed by atoms with Gasteiger partial charge in [0.15, 0.2) is 0 Å². The van der Waals surface area contributed by atoms with Gasteiger partial charge in [-0.15, -0.1) is 0 Å². The normalized spacial score (nSPS) is 9.86. The molecule has 0 atom stereocenters. The van der Waals surface area contributed by atoms with E-state index >= 15 is 0 Å². The highest BCUT2D eigenvalue weighted by Crippen LogP contribution is 2.20. The summed E-state index contributed by atoms with van der Waals surface area (Å²) in [6.45, 7) is 2.13. The molecule has 1 aromatic carbocycles. The number of phenolic OH excluding ortho intramolecular Hbond substituents is 1. The summed E-state index contributed by atoms with van der Waals surface area (Å²) < 4.78 is 5.54. The van der Waals surface area contributed by atoms with Crippen LogP contribution in [-0.2, 0) is 16.0 Å². The Bertz CT molecular complexity index is 316. The summed E-state index contributed by atoms with van der Waals surface area (Å²) in [5.41, 5.74) is 0.732. The van der Waals surface area contributed by atoms with E-state index in [1.807, 2.05) is 0 Å². The number of halogens is 1. The van der Waals surface area contributed by atoms with E-state index in [9.17, 15) is 9.90 Å². The van der Waals surface area contributed by atoms with Gasteiger partial charge in [0.25, 0.3) is 0 Å². The zero-order valence-electron chi connectivity index (χ0n) is 7.79. The fourth-order valence-electron chi connectivity index (χ4n) is 1.11. The molecule has 0 saturated heterocycles. The number of hydrogen-bond acceptors (Lipinski definition) is 3. The van der Waals surface area contributed by atoms with Crippen LogP contribution in [0.5, 0.6) is 5.75 Å². The first-order chi connectivity index (χ1) is 6.61. The Labute approximate surface area is 90.8 Å². The zero-order valence-corrected chi connectivity index (χ0v) is 9.37. The van der Waals surface area contributed by atoms with Gasteiger partial charge in [-0.05, 0) is 30.7 Å². The van der Waals surface area contributed by atoms with Gasteiger partial charge in [0.1, 0.15) is 5.75 Å². The molecule has 0 aliphatic rings. The van der Waals surface area contributed by atoms with Crippen LogP contribution < -0.4 is 0 Å². The number of carbonyl (C=O) groups excluding carboxylic acids is 1. The molecular weight excluding hydrogens is 248 g/mol. The molecule has 1 aromatic rings. The predicted molar refractivity (Wildman–Crippen MR) is 56.1 cm³/mol. The van der Waals surface area contributed by atoms with E-state index in [1.54, 1.807) is 25.1 Å². The van der Waals surface area contributed by atoms with Gasteiger partial charge in [-0.1, -0.05) is 15.9 Å². The molecule has 0 aliphatic carbocycles. The van der Waals surface area contributed by atoms with Crippen molar-refractivity contribution in [3.63, 3.8) is 0 Å². The zero-order chi connectivity index (χ0) is 10.6. The SMILES string of the molecule is CCOC(=O)Cc1cc(O)cc(Br)c1. The van der Waals surface area contributed by atoms with Crippen molar-refractivity contribution in [3.8, 4) is 5.75 Å². The van der Waals surface area contributed by atoms with Crippen molar-refractivity contribution >= 4 is 21.9 Å². The fraction of sp³-hybridized carbons (Fsp3) is 0.300. The monoisotopic (exact) mass is 258 g/mol. The van der Waals surface area contributed by atoms with E-state index in [-0.39, 0.29) is 18.1 Å². The van der Waals surface area contributed by atoms with Gasteiger partial charge in [0.05, 0.1) is 13.0 Å². The van der Waals surface area contributed by atoms with Crippen molar-refractivity contribution in [3.05, 3.63) is 28.2 Å². The Balaban J connectivity index is 2.71. The second-order valence-electron chi connectivity index (χ2n) is 2.80. The summed E-state index contributed by atoms with van der Waals surface area (Å²) in [5, 5.41) is 9.25. The smallest absolute Gasteiger partial charge is 0.310 e. The molecule has 1 N–H and O–H groups in total. The third-order valence-corrected chi connectivity index (χ3v) is 2.05. The lowest BCUT2D eigenvalue weighted by molar-refractivity contribution is -0.142. The largest absolute Gasteiger partial charge is 0.508 e. The minimum absolute atomic E-state index is 0.138. The van der Waals surface area contributed by atoms with Crippen LogP contribution in [0, 0.1) is 0 Å². The molecular formula is C10H11BrO3. The number of ether oxygens (including phenoxy) is 1. The highest BCUT2D eigenvalue weighted by molar-refractivity contribution is 9.10. The topological polar surface area (TPSA) is 46.5 Å². The third kappa shape index (κ3) is 3.38. The lowest BCUT2D eigenvalue weighted by atomic mass is 10.1. The average Bonchev–Trinajstić information content (AvgIpc) is 2.01. The quantitative estimate of drug-likeness (QED) is 0.847. The van der Waals surface area contributed by atoms with Crippen molar-refractivity contribution in [2.75, 3.05) is 6.61 Å². The van der Waals surface area contributed by atoms with Crippen molar-refractivity contribution < 1.29 is 14.6 Å². The maximum Gasteiger partial charge on any atom is 0.310 e. The molecule has 0 aromatic heterocycles. The summed E-state index contributed by atoms with van der Waals surface area (Å²) in [6.07, 6.45) is 0.181. The minimum Gasteiger partial charge on any atom is -0.508 e. The second-order valence-corrected chi connectivity index (χ2v) is 3.72. The van der Waals surface area contributed by atoms with Gasteiger partial charge in [-0.2, -0.15) is 0 Å². The predicted octanol–water partition coefficient (Wildman–Crippen LogP) is 2.26. The number of carbonyl (C=O) groups is 1. The van der Waals surface area contributed by atoms with Gasteiger partial charge in [-0.3, -0.25) is 4.79 Å². The lowest BCUT2D eigenvalue weighted by Gasteiger charge is -2.03. The third-order valence-electron chi connectivity index (χ3n) is 1.60. The summed E-state index contributed by atoms with van der Waals surface area (Å²) in [6, 6.07) is 4.88. The van der Waals surface area contributed by atoms with Crippen LogP contribution in [0.3, 0.4) is 0 Å². The van der Waals surface area contributed by atoms with Gasteiger partial charge in [0.2, 0.25) is 0 Å². The highest BCUT2D eigenvalue weighted by Gasteiger charge is 2.05. The van der Waals surface area contributed by atoms with Gasteiger partial charge < -0.3 is 9.84 Å². The van der Waals surface area contributed by atoms with Crippen LogP contribution in [0.2, 0.25) is 0 Å². The second kappa shape index (κ2) is 5.00. The first-order valence-electron chi connectivity index (χ1n) is 4.26. The van der Waals surface area contributed by atoms with Crippen LogP contribution in [0.4, 0.5) is 0 Å². The first-order valence-corrected chi connectivity index (χ1v) is 5.05. The van der Waals surface area contributed by atoms with Gasteiger partial charge in [-0.25, -0.2) is 0 Å². The number of esters is 1. The van der Waals surface area contributed by atoms with E-state index in [2.05, 4.69) is 15.9 Å². The van der Waals surface area contributed by atoms with Gasteiger partial charge >= 0.3 is 5.97 Å². The number of hydrogen-bond donors (Lipinski definition) is 1. The number of benzene rings is 1. The first kappa shape index (κ1) is 11.0. The minimum atomic E-state index is -0.287. The Morgan fingerprint density at radius 2 is 2.21 bits per heavy atom. The Hall–Kier alpha value is -1.03. The van der Waals surface area contributed by atoms with Crippen LogP contribution in [0.1, 0.15) is 12.5 Å². The summed E-state index contributed by atoms with van der Waals surface area (Å²) in [4.78, 5) is 11.1. The molecule has 0 aliphatic heterocycles. The number of phenols is 1. The molecule has 0 bridgehead atoms. The molecule has 0 heterocycles. The molecule has 0 unspecified atom stereocenters. The number of aromatic hydroxyl groups is 1. The highest BCUT2D eigenvalue weighted by atomic mass is 79.9. The lowest BCUT2D eigenvalue weighted by Crippen LogP contribution is -2.07. The molecule has 14 heavy (non-hydrogen) atoms. The molecule has 1 rings (SSSR count). The van der Waals surface area contributed by atoms with Crippen molar-refractivity contribution in [2.45, 2.75) is 13.3 Å².